The van der Waals surface area contributed by atoms with Gasteiger partial charge < -0.3 is 10.1 Å². The van der Waals surface area contributed by atoms with Crippen molar-refractivity contribution in [2.45, 2.75) is 19.0 Å². The Morgan fingerprint density at radius 2 is 1.85 bits per heavy atom. The Balaban J connectivity index is 1.81. The second kappa shape index (κ2) is 6.64. The summed E-state index contributed by atoms with van der Waals surface area (Å²) in [6.45, 7) is 0.681. The van der Waals surface area contributed by atoms with Crippen LogP contribution in [0.1, 0.15) is 22.4 Å². The van der Waals surface area contributed by atoms with Crippen LogP contribution in [-0.4, -0.2) is 23.4 Å². The van der Waals surface area contributed by atoms with Gasteiger partial charge in [-0.3, -0.25) is 0 Å². The molecule has 4 nitrogen and oxygen atoms in total. The molecule has 4 rings (SSSR count). The smallest absolute Gasteiger partial charge is 0.418 e. The van der Waals surface area contributed by atoms with Gasteiger partial charge in [-0.25, -0.2) is 4.68 Å². The lowest BCUT2D eigenvalue weighted by Crippen LogP contribution is -2.13. The molecule has 0 fully saturated rings. The van der Waals surface area contributed by atoms with Gasteiger partial charge in [-0.1, -0.05) is 30.3 Å². The average molecular weight is 373 g/mol. The predicted octanol–water partition coefficient (Wildman–Crippen LogP) is 4.46. The van der Waals surface area contributed by atoms with E-state index in [4.69, 9.17) is 4.74 Å². The van der Waals surface area contributed by atoms with Crippen molar-refractivity contribution in [3.63, 3.8) is 0 Å². The number of benzene rings is 2. The molecular formula is C20H18F3N3O. The molecular weight excluding hydrogens is 355 g/mol. The van der Waals surface area contributed by atoms with E-state index in [0.29, 0.717) is 18.8 Å². The Morgan fingerprint density at radius 1 is 1.11 bits per heavy atom. The second-order valence-corrected chi connectivity index (χ2v) is 6.37. The Labute approximate surface area is 154 Å². The van der Waals surface area contributed by atoms with Gasteiger partial charge in [0.2, 0.25) is 0 Å². The molecule has 0 unspecified atom stereocenters. The number of ether oxygens (including phenoxy) is 1. The molecule has 1 aromatic heterocycles. The first kappa shape index (κ1) is 17.5. The van der Waals surface area contributed by atoms with Gasteiger partial charge in [0.25, 0.3) is 0 Å². The van der Waals surface area contributed by atoms with Gasteiger partial charge in [0.15, 0.2) is 0 Å². The summed E-state index contributed by atoms with van der Waals surface area (Å²) in [5.74, 6) is 1.37. The highest BCUT2D eigenvalue weighted by Gasteiger charge is 2.35. The summed E-state index contributed by atoms with van der Waals surface area (Å²) in [6.07, 6.45) is -3.22. The molecule has 0 spiro atoms. The van der Waals surface area contributed by atoms with E-state index < -0.39 is 11.7 Å². The first-order valence-electron chi connectivity index (χ1n) is 8.62. The van der Waals surface area contributed by atoms with Gasteiger partial charge in [-0.15, -0.1) is 0 Å². The largest absolute Gasteiger partial charge is 0.496 e. The molecule has 0 aliphatic carbocycles. The molecule has 1 aliphatic rings. The van der Waals surface area contributed by atoms with Crippen LogP contribution in [0.2, 0.25) is 0 Å². The maximum Gasteiger partial charge on any atom is 0.418 e. The van der Waals surface area contributed by atoms with Crippen LogP contribution < -0.4 is 10.1 Å². The van der Waals surface area contributed by atoms with E-state index in [1.165, 1.54) is 16.8 Å². The van der Waals surface area contributed by atoms with Gasteiger partial charge in [-0.05, 0) is 24.6 Å². The predicted molar refractivity (Wildman–Crippen MR) is 96.6 cm³/mol. The van der Waals surface area contributed by atoms with Crippen molar-refractivity contribution in [1.82, 2.24) is 9.78 Å². The highest BCUT2D eigenvalue weighted by molar-refractivity contribution is 5.59. The number of anilines is 1. The molecule has 2 heterocycles. The molecule has 2 aromatic carbocycles. The van der Waals surface area contributed by atoms with Crippen LogP contribution >= 0.6 is 0 Å². The van der Waals surface area contributed by atoms with Crippen molar-refractivity contribution in [1.29, 1.82) is 0 Å². The van der Waals surface area contributed by atoms with E-state index in [9.17, 15) is 13.2 Å². The number of hydrogen-bond acceptors (Lipinski definition) is 3. The Morgan fingerprint density at radius 3 is 2.63 bits per heavy atom. The van der Waals surface area contributed by atoms with Crippen molar-refractivity contribution in [3.05, 3.63) is 70.9 Å². The lowest BCUT2D eigenvalue weighted by molar-refractivity contribution is -0.137. The monoisotopic (exact) mass is 373 g/mol. The van der Waals surface area contributed by atoms with Crippen LogP contribution in [0.25, 0.3) is 5.69 Å². The van der Waals surface area contributed by atoms with Gasteiger partial charge in [0.05, 0.1) is 24.1 Å². The first-order valence-corrected chi connectivity index (χ1v) is 8.62. The summed E-state index contributed by atoms with van der Waals surface area (Å²) in [4.78, 5) is 0. The highest BCUT2D eigenvalue weighted by atomic mass is 19.4. The number of aromatic nitrogens is 2. The van der Waals surface area contributed by atoms with Crippen LogP contribution in [-0.2, 0) is 19.0 Å². The molecule has 3 aromatic rings. The maximum atomic E-state index is 13.5. The molecule has 0 saturated heterocycles. The molecule has 7 heteroatoms. The van der Waals surface area contributed by atoms with E-state index in [2.05, 4.69) is 10.4 Å². The van der Waals surface area contributed by atoms with Crippen molar-refractivity contribution in [2.24, 2.45) is 0 Å². The van der Waals surface area contributed by atoms with E-state index in [0.717, 1.165) is 35.1 Å². The third-order valence-electron chi connectivity index (χ3n) is 4.72. The maximum absolute atomic E-state index is 13.5. The summed E-state index contributed by atoms with van der Waals surface area (Å²) in [5.41, 5.74) is 1.99. The van der Waals surface area contributed by atoms with E-state index in [-0.39, 0.29) is 5.69 Å². The third kappa shape index (κ3) is 3.13. The first-order chi connectivity index (χ1) is 13.0. The topological polar surface area (TPSA) is 39.1 Å². The SMILES string of the molecule is COc1ccccc1Cc1nn(-c2ccccc2C(F)(F)F)c2c1CCN2. The summed E-state index contributed by atoms with van der Waals surface area (Å²) < 4.78 is 47.2. The number of rotatable bonds is 4. The number of para-hydroxylation sites is 2. The van der Waals surface area contributed by atoms with Crippen LogP contribution in [0.15, 0.2) is 48.5 Å². The van der Waals surface area contributed by atoms with Crippen LogP contribution in [0.5, 0.6) is 5.75 Å². The highest BCUT2D eigenvalue weighted by Crippen LogP contribution is 2.37. The molecule has 0 amide bonds. The molecule has 0 radical (unpaired) electrons. The number of halogens is 3. The van der Waals surface area contributed by atoms with Crippen molar-refractivity contribution < 1.29 is 17.9 Å². The summed E-state index contributed by atoms with van der Waals surface area (Å²) in [5, 5.41) is 7.73. The van der Waals surface area contributed by atoms with E-state index in [1.807, 2.05) is 24.3 Å². The van der Waals surface area contributed by atoms with Crippen LogP contribution in [0.3, 0.4) is 0 Å². The van der Waals surface area contributed by atoms with Crippen LogP contribution in [0.4, 0.5) is 19.0 Å². The zero-order chi connectivity index (χ0) is 19.0. The molecule has 140 valence electrons. The molecule has 27 heavy (non-hydrogen) atoms. The van der Waals surface area contributed by atoms with Gasteiger partial charge in [0, 0.05) is 24.1 Å². The molecule has 0 bridgehead atoms. The lowest BCUT2D eigenvalue weighted by Gasteiger charge is -2.14. The molecule has 0 atom stereocenters. The zero-order valence-corrected chi connectivity index (χ0v) is 14.7. The minimum atomic E-state index is -4.45. The minimum Gasteiger partial charge on any atom is -0.496 e. The van der Waals surface area contributed by atoms with E-state index in [1.54, 1.807) is 13.2 Å². The molecule has 1 aliphatic heterocycles. The Hall–Kier alpha value is -2.96. The second-order valence-electron chi connectivity index (χ2n) is 6.37. The van der Waals surface area contributed by atoms with Gasteiger partial charge in [-0.2, -0.15) is 18.3 Å². The molecule has 1 N–H and O–H groups in total. The summed E-state index contributed by atoms with van der Waals surface area (Å²) in [7, 11) is 1.60. The number of nitrogens with zero attached hydrogens (tertiary/aromatic N) is 2. The van der Waals surface area contributed by atoms with Gasteiger partial charge in [0.1, 0.15) is 11.6 Å². The number of hydrogen-bond donors (Lipinski definition) is 1. The Kier molecular flexibility index (Phi) is 4.30. The zero-order valence-electron chi connectivity index (χ0n) is 14.7. The lowest BCUT2D eigenvalue weighted by atomic mass is 10.0. The number of nitrogens with one attached hydrogen (secondary N) is 1. The fourth-order valence-electron chi connectivity index (χ4n) is 3.49. The molecule has 0 saturated carbocycles. The standard InChI is InChI=1S/C20H18F3N3O/c1-27-18-9-5-2-6-13(18)12-16-14-10-11-24-19(14)26(25-16)17-8-4-3-7-15(17)20(21,22)23/h2-9,24H,10-12H2,1H3. The normalized spacial score (nSPS) is 13.3. The summed E-state index contributed by atoms with van der Waals surface area (Å²) >= 11 is 0. The Bertz CT molecular complexity index is 979. The average Bonchev–Trinajstić information content (AvgIpc) is 3.25. The fourth-order valence-corrected chi connectivity index (χ4v) is 3.49. The quantitative estimate of drug-likeness (QED) is 0.734. The van der Waals surface area contributed by atoms with Crippen molar-refractivity contribution >= 4 is 5.82 Å². The van der Waals surface area contributed by atoms with Crippen molar-refractivity contribution in [2.75, 3.05) is 19.0 Å². The fraction of sp³-hybridized carbons (Fsp3) is 0.250. The number of alkyl halides is 3. The summed E-state index contributed by atoms with van der Waals surface area (Å²) in [6, 6.07) is 13.1. The minimum absolute atomic E-state index is 0.0296. The van der Waals surface area contributed by atoms with E-state index >= 15 is 0 Å². The number of methoxy groups -OCH3 is 1. The number of fused-ring (bicyclic) bond motifs is 1. The van der Waals surface area contributed by atoms with Gasteiger partial charge >= 0.3 is 6.18 Å². The third-order valence-corrected chi connectivity index (χ3v) is 4.72. The van der Waals surface area contributed by atoms with Crippen molar-refractivity contribution in [3.8, 4) is 11.4 Å². The van der Waals surface area contributed by atoms with Crippen LogP contribution in [0, 0.1) is 0 Å².